The molecular formula is C8H14OS. The maximum Gasteiger partial charge on any atom is 0.0883 e. The molecule has 1 rings (SSSR count). The van der Waals surface area contributed by atoms with E-state index in [2.05, 4.69) is 18.3 Å². The van der Waals surface area contributed by atoms with Crippen molar-refractivity contribution in [3.05, 3.63) is 12.8 Å². The Hall–Kier alpha value is -0.110. The lowest BCUT2D eigenvalue weighted by molar-refractivity contribution is 0.244. The van der Waals surface area contributed by atoms with Crippen LogP contribution in [0.15, 0.2) is 12.8 Å². The lowest BCUT2D eigenvalue weighted by Crippen LogP contribution is -2.00. The smallest absolute Gasteiger partial charge is 0.0883 e. The highest BCUT2D eigenvalue weighted by molar-refractivity contribution is 8.00. The average Bonchev–Trinajstić information content (AvgIpc) is 2.41. The van der Waals surface area contributed by atoms with Gasteiger partial charge < -0.3 is 4.74 Å². The molecule has 0 amide bonds. The molecule has 0 aromatic carbocycles. The highest BCUT2D eigenvalue weighted by Crippen LogP contribution is 2.28. The van der Waals surface area contributed by atoms with Crippen LogP contribution in [0.3, 0.4) is 0 Å². The summed E-state index contributed by atoms with van der Waals surface area (Å²) in [5, 5.41) is 0.861. The van der Waals surface area contributed by atoms with Crippen LogP contribution in [0.2, 0.25) is 0 Å². The topological polar surface area (TPSA) is 9.23 Å². The normalized spacial score (nSPS) is 24.6. The minimum Gasteiger partial charge on any atom is -0.502 e. The first-order valence-electron chi connectivity index (χ1n) is 3.77. The number of hydrogen-bond acceptors (Lipinski definition) is 2. The molecule has 0 aromatic rings. The minimum absolute atomic E-state index is 0.848. The summed E-state index contributed by atoms with van der Waals surface area (Å²) in [4.78, 5) is 0. The largest absolute Gasteiger partial charge is 0.502 e. The summed E-state index contributed by atoms with van der Waals surface area (Å²) < 4.78 is 5.05. The molecule has 1 nitrogen and oxygen atoms in total. The van der Waals surface area contributed by atoms with Crippen LogP contribution in [-0.2, 0) is 4.74 Å². The van der Waals surface area contributed by atoms with Gasteiger partial charge in [0.15, 0.2) is 0 Å². The quantitative estimate of drug-likeness (QED) is 0.459. The molecule has 0 aliphatic carbocycles. The van der Waals surface area contributed by atoms with Crippen molar-refractivity contribution in [1.82, 2.24) is 0 Å². The number of rotatable bonds is 4. The van der Waals surface area contributed by atoms with Crippen LogP contribution >= 0.6 is 11.8 Å². The Labute approximate surface area is 66.8 Å². The van der Waals surface area contributed by atoms with E-state index in [1.807, 2.05) is 0 Å². The van der Waals surface area contributed by atoms with Crippen molar-refractivity contribution in [3.63, 3.8) is 0 Å². The summed E-state index contributed by atoms with van der Waals surface area (Å²) in [5.74, 6) is 1.35. The Bertz CT molecular complexity index is 97.4. The number of hydrogen-bond donors (Lipinski definition) is 0. The summed E-state index contributed by atoms with van der Waals surface area (Å²) >= 11 is 2.08. The van der Waals surface area contributed by atoms with Gasteiger partial charge in [0, 0.05) is 5.25 Å². The van der Waals surface area contributed by atoms with Crippen molar-refractivity contribution >= 4 is 11.8 Å². The zero-order valence-electron chi connectivity index (χ0n) is 6.21. The Balaban J connectivity index is 1.96. The van der Waals surface area contributed by atoms with E-state index in [4.69, 9.17) is 4.74 Å². The molecule has 0 aromatic heterocycles. The van der Waals surface area contributed by atoms with Crippen LogP contribution in [0.5, 0.6) is 0 Å². The van der Waals surface area contributed by atoms with E-state index in [9.17, 15) is 0 Å². The van der Waals surface area contributed by atoms with E-state index in [-0.39, 0.29) is 0 Å². The molecule has 1 unspecified atom stereocenters. The third kappa shape index (κ3) is 2.65. The van der Waals surface area contributed by atoms with Crippen molar-refractivity contribution in [3.8, 4) is 0 Å². The monoisotopic (exact) mass is 158 g/mol. The van der Waals surface area contributed by atoms with E-state index < -0.39 is 0 Å². The minimum atomic E-state index is 0.848. The molecular weight excluding hydrogens is 144 g/mol. The number of ether oxygens (including phenoxy) is 1. The Morgan fingerprint density at radius 3 is 3.20 bits per heavy atom. The summed E-state index contributed by atoms with van der Waals surface area (Å²) in [6.45, 7) is 4.34. The van der Waals surface area contributed by atoms with Crippen LogP contribution in [0.1, 0.15) is 19.3 Å². The standard InChI is InChI=1S/C8H14OS/c1-2-9-6-5-8-4-3-7-10-8/h2,8H,1,3-7H2. The van der Waals surface area contributed by atoms with Crippen LogP contribution in [-0.4, -0.2) is 17.6 Å². The molecule has 1 aliphatic heterocycles. The summed E-state index contributed by atoms with van der Waals surface area (Å²) in [6.07, 6.45) is 5.49. The maximum absolute atomic E-state index is 5.05. The molecule has 0 saturated carbocycles. The lowest BCUT2D eigenvalue weighted by Gasteiger charge is -2.06. The van der Waals surface area contributed by atoms with Crippen molar-refractivity contribution in [2.45, 2.75) is 24.5 Å². The Kier molecular flexibility index (Phi) is 3.73. The van der Waals surface area contributed by atoms with Crippen molar-refractivity contribution in [2.24, 2.45) is 0 Å². The Morgan fingerprint density at radius 2 is 2.60 bits per heavy atom. The van der Waals surface area contributed by atoms with Gasteiger partial charge in [-0.1, -0.05) is 6.58 Å². The summed E-state index contributed by atoms with van der Waals surface area (Å²) in [5.41, 5.74) is 0. The predicted molar refractivity (Wildman–Crippen MR) is 46.2 cm³/mol. The van der Waals surface area contributed by atoms with Gasteiger partial charge in [-0.15, -0.1) is 0 Å². The van der Waals surface area contributed by atoms with Gasteiger partial charge in [0.2, 0.25) is 0 Å². The highest BCUT2D eigenvalue weighted by Gasteiger charge is 2.14. The zero-order chi connectivity index (χ0) is 7.23. The maximum atomic E-state index is 5.05. The van der Waals surface area contributed by atoms with Gasteiger partial charge in [-0.2, -0.15) is 11.8 Å². The molecule has 1 fully saturated rings. The van der Waals surface area contributed by atoms with Gasteiger partial charge in [-0.25, -0.2) is 0 Å². The predicted octanol–water partition coefficient (Wildman–Crippen LogP) is 2.43. The van der Waals surface area contributed by atoms with Gasteiger partial charge in [-0.3, -0.25) is 0 Å². The molecule has 0 spiro atoms. The first-order valence-corrected chi connectivity index (χ1v) is 4.82. The van der Waals surface area contributed by atoms with Crippen LogP contribution in [0, 0.1) is 0 Å². The fraction of sp³-hybridized carbons (Fsp3) is 0.750. The fourth-order valence-corrected chi connectivity index (χ4v) is 2.42. The first-order chi connectivity index (χ1) is 4.93. The van der Waals surface area contributed by atoms with Gasteiger partial charge in [0.05, 0.1) is 12.9 Å². The van der Waals surface area contributed by atoms with Crippen LogP contribution in [0.25, 0.3) is 0 Å². The molecule has 1 heterocycles. The molecule has 0 radical (unpaired) electrons. The fourth-order valence-electron chi connectivity index (χ4n) is 1.15. The van der Waals surface area contributed by atoms with Gasteiger partial charge >= 0.3 is 0 Å². The van der Waals surface area contributed by atoms with Gasteiger partial charge in [-0.05, 0) is 25.0 Å². The lowest BCUT2D eigenvalue weighted by atomic mass is 10.2. The third-order valence-electron chi connectivity index (χ3n) is 1.70. The SMILES string of the molecule is C=COCCC1CCCS1. The Morgan fingerprint density at radius 1 is 1.70 bits per heavy atom. The van der Waals surface area contributed by atoms with E-state index in [1.165, 1.54) is 31.3 Å². The third-order valence-corrected chi connectivity index (χ3v) is 3.17. The van der Waals surface area contributed by atoms with E-state index in [0.717, 1.165) is 11.9 Å². The van der Waals surface area contributed by atoms with Gasteiger partial charge in [0.25, 0.3) is 0 Å². The highest BCUT2D eigenvalue weighted by atomic mass is 32.2. The van der Waals surface area contributed by atoms with Gasteiger partial charge in [0.1, 0.15) is 0 Å². The number of thioether (sulfide) groups is 1. The molecule has 0 bridgehead atoms. The van der Waals surface area contributed by atoms with E-state index >= 15 is 0 Å². The molecule has 1 atom stereocenters. The van der Waals surface area contributed by atoms with Crippen molar-refractivity contribution < 1.29 is 4.74 Å². The molecule has 10 heavy (non-hydrogen) atoms. The van der Waals surface area contributed by atoms with E-state index in [1.54, 1.807) is 0 Å². The second-order valence-corrected chi connectivity index (χ2v) is 3.87. The van der Waals surface area contributed by atoms with Crippen LogP contribution < -0.4 is 0 Å². The molecule has 2 heteroatoms. The molecule has 1 aliphatic rings. The average molecular weight is 158 g/mol. The first kappa shape index (κ1) is 7.99. The summed E-state index contributed by atoms with van der Waals surface area (Å²) in [6, 6.07) is 0. The second-order valence-electron chi connectivity index (χ2n) is 2.46. The van der Waals surface area contributed by atoms with E-state index in [0.29, 0.717) is 0 Å². The van der Waals surface area contributed by atoms with Crippen molar-refractivity contribution in [2.75, 3.05) is 12.4 Å². The van der Waals surface area contributed by atoms with Crippen molar-refractivity contribution in [1.29, 1.82) is 0 Å². The molecule has 58 valence electrons. The second kappa shape index (κ2) is 4.67. The molecule has 0 N–H and O–H groups in total. The zero-order valence-corrected chi connectivity index (χ0v) is 7.03. The summed E-state index contributed by atoms with van der Waals surface area (Å²) in [7, 11) is 0. The van der Waals surface area contributed by atoms with Crippen LogP contribution in [0.4, 0.5) is 0 Å². The molecule has 1 saturated heterocycles.